The summed E-state index contributed by atoms with van der Waals surface area (Å²) in [7, 11) is 0. The smallest absolute Gasteiger partial charge is 0.0464 e. The molecule has 0 fully saturated rings. The van der Waals surface area contributed by atoms with Gasteiger partial charge in [-0.1, -0.05) is 45.2 Å². The second-order valence-corrected chi connectivity index (χ2v) is 4.50. The molecule has 0 heterocycles. The largest absolute Gasteiger partial charge is 0.0843 e. The lowest BCUT2D eigenvalue weighted by atomic mass is 10.2. The third kappa shape index (κ3) is 2.36. The summed E-state index contributed by atoms with van der Waals surface area (Å²) < 4.78 is 0. The van der Waals surface area contributed by atoms with Gasteiger partial charge in [-0.2, -0.15) is 0 Å². The fraction of sp³-hybridized carbons (Fsp3) is 0.250. The molecule has 1 atom stereocenters. The lowest BCUT2D eigenvalue weighted by molar-refractivity contribution is 1.12. The Labute approximate surface area is 84.6 Å². The summed E-state index contributed by atoms with van der Waals surface area (Å²) in [6, 6.07) is 5.50. The van der Waals surface area contributed by atoms with Gasteiger partial charge < -0.3 is 0 Å². The zero-order chi connectivity index (χ0) is 8.43. The zero-order valence-electron chi connectivity index (χ0n) is 5.94. The van der Waals surface area contributed by atoms with Gasteiger partial charge in [0.2, 0.25) is 0 Å². The molecule has 0 nitrogen and oxygen atoms in total. The minimum absolute atomic E-state index is 0.271. The highest BCUT2D eigenvalue weighted by atomic mass is 79.9. The quantitative estimate of drug-likeness (QED) is 0.649. The minimum Gasteiger partial charge on any atom is -0.0843 e. The standard InChI is InChI=1S/C8H7BrCl2/c1-5(9)7-3-2-6(10)4-8(7)11/h2-5H,1H3. The van der Waals surface area contributed by atoms with E-state index >= 15 is 0 Å². The van der Waals surface area contributed by atoms with Crippen LogP contribution in [-0.4, -0.2) is 0 Å². The van der Waals surface area contributed by atoms with Crippen LogP contribution < -0.4 is 0 Å². The first kappa shape index (κ1) is 9.37. The van der Waals surface area contributed by atoms with Gasteiger partial charge in [0.25, 0.3) is 0 Å². The Morgan fingerprint density at radius 1 is 1.36 bits per heavy atom. The number of hydrogen-bond donors (Lipinski definition) is 0. The molecule has 0 aromatic heterocycles. The van der Waals surface area contributed by atoms with Crippen molar-refractivity contribution in [1.29, 1.82) is 0 Å². The first-order valence-electron chi connectivity index (χ1n) is 3.20. The first-order chi connectivity index (χ1) is 5.11. The maximum Gasteiger partial charge on any atom is 0.0464 e. The Bertz CT molecular complexity index is 258. The normalized spacial score (nSPS) is 13.1. The van der Waals surface area contributed by atoms with E-state index in [0.29, 0.717) is 10.0 Å². The average Bonchev–Trinajstić information content (AvgIpc) is 1.85. The number of rotatable bonds is 1. The van der Waals surface area contributed by atoms with Gasteiger partial charge in [-0.3, -0.25) is 0 Å². The molecule has 1 aromatic rings. The van der Waals surface area contributed by atoms with E-state index in [1.54, 1.807) is 6.07 Å². The molecule has 60 valence electrons. The summed E-state index contributed by atoms with van der Waals surface area (Å²) in [6.45, 7) is 2.02. The molecule has 0 radical (unpaired) electrons. The molecule has 3 heteroatoms. The summed E-state index contributed by atoms with van der Waals surface area (Å²) in [4.78, 5) is 0.271. The van der Waals surface area contributed by atoms with Crippen LogP contribution in [0.4, 0.5) is 0 Å². The molecular weight excluding hydrogens is 247 g/mol. The van der Waals surface area contributed by atoms with Crippen LogP contribution in [0.3, 0.4) is 0 Å². The molecule has 1 unspecified atom stereocenters. The third-order valence-electron chi connectivity index (χ3n) is 1.39. The van der Waals surface area contributed by atoms with Gasteiger partial charge in [-0.15, -0.1) is 0 Å². The van der Waals surface area contributed by atoms with Crippen molar-refractivity contribution >= 4 is 39.1 Å². The van der Waals surface area contributed by atoms with E-state index in [1.165, 1.54) is 0 Å². The van der Waals surface area contributed by atoms with Crippen LogP contribution in [0.2, 0.25) is 10.0 Å². The van der Waals surface area contributed by atoms with E-state index in [9.17, 15) is 0 Å². The lowest BCUT2D eigenvalue weighted by Crippen LogP contribution is -1.84. The van der Waals surface area contributed by atoms with E-state index in [4.69, 9.17) is 23.2 Å². The Hall–Kier alpha value is 0.280. The van der Waals surface area contributed by atoms with Crippen LogP contribution in [0.5, 0.6) is 0 Å². The van der Waals surface area contributed by atoms with E-state index in [-0.39, 0.29) is 4.83 Å². The van der Waals surface area contributed by atoms with Crippen LogP contribution in [0.25, 0.3) is 0 Å². The van der Waals surface area contributed by atoms with Crippen LogP contribution in [-0.2, 0) is 0 Å². The van der Waals surface area contributed by atoms with Gasteiger partial charge in [0.1, 0.15) is 0 Å². The topological polar surface area (TPSA) is 0 Å². The molecule has 0 aliphatic carbocycles. The zero-order valence-corrected chi connectivity index (χ0v) is 9.04. The number of hydrogen-bond acceptors (Lipinski definition) is 0. The van der Waals surface area contributed by atoms with E-state index in [0.717, 1.165) is 5.56 Å². The van der Waals surface area contributed by atoms with E-state index in [2.05, 4.69) is 15.9 Å². The predicted molar refractivity (Wildman–Crippen MR) is 53.8 cm³/mol. The van der Waals surface area contributed by atoms with E-state index in [1.807, 2.05) is 19.1 Å². The molecule has 11 heavy (non-hydrogen) atoms. The van der Waals surface area contributed by atoms with Crippen molar-refractivity contribution in [3.05, 3.63) is 33.8 Å². The fourth-order valence-electron chi connectivity index (χ4n) is 0.824. The molecule has 0 aliphatic heterocycles. The molecule has 0 aliphatic rings. The van der Waals surface area contributed by atoms with Gasteiger partial charge >= 0.3 is 0 Å². The molecule has 0 saturated heterocycles. The molecule has 0 saturated carbocycles. The highest BCUT2D eigenvalue weighted by molar-refractivity contribution is 9.09. The number of benzene rings is 1. The lowest BCUT2D eigenvalue weighted by Gasteiger charge is -2.05. The van der Waals surface area contributed by atoms with Crippen molar-refractivity contribution in [2.45, 2.75) is 11.8 Å². The second kappa shape index (κ2) is 3.79. The van der Waals surface area contributed by atoms with Crippen molar-refractivity contribution in [3.63, 3.8) is 0 Å². The second-order valence-electron chi connectivity index (χ2n) is 2.28. The third-order valence-corrected chi connectivity index (χ3v) is 2.45. The maximum absolute atomic E-state index is 5.91. The molecule has 1 rings (SSSR count). The molecule has 0 amide bonds. The molecule has 0 spiro atoms. The van der Waals surface area contributed by atoms with Crippen LogP contribution >= 0.6 is 39.1 Å². The van der Waals surface area contributed by atoms with Crippen LogP contribution in [0, 0.1) is 0 Å². The summed E-state index contributed by atoms with van der Waals surface area (Å²) in [5.41, 5.74) is 1.07. The van der Waals surface area contributed by atoms with Crippen molar-refractivity contribution < 1.29 is 0 Å². The fourth-order valence-corrected chi connectivity index (χ4v) is 1.93. The van der Waals surface area contributed by atoms with Gasteiger partial charge in [0.15, 0.2) is 0 Å². The van der Waals surface area contributed by atoms with Crippen molar-refractivity contribution in [2.24, 2.45) is 0 Å². The first-order valence-corrected chi connectivity index (χ1v) is 4.87. The van der Waals surface area contributed by atoms with Crippen molar-refractivity contribution in [1.82, 2.24) is 0 Å². The predicted octanol–water partition coefficient (Wildman–Crippen LogP) is 4.45. The Balaban J connectivity index is 3.09. The van der Waals surface area contributed by atoms with Gasteiger partial charge in [-0.25, -0.2) is 0 Å². The molecule has 0 bridgehead atoms. The Morgan fingerprint density at radius 2 is 2.00 bits per heavy atom. The molecule has 1 aromatic carbocycles. The Kier molecular flexibility index (Phi) is 3.23. The maximum atomic E-state index is 5.91. The Morgan fingerprint density at radius 3 is 2.45 bits per heavy atom. The van der Waals surface area contributed by atoms with Crippen LogP contribution in [0.15, 0.2) is 18.2 Å². The molecular formula is C8H7BrCl2. The average molecular weight is 254 g/mol. The highest BCUT2D eigenvalue weighted by Gasteiger charge is 2.05. The molecule has 0 N–H and O–H groups in total. The minimum atomic E-state index is 0.271. The van der Waals surface area contributed by atoms with Gasteiger partial charge in [0.05, 0.1) is 0 Å². The number of halogens is 3. The van der Waals surface area contributed by atoms with Crippen molar-refractivity contribution in [2.75, 3.05) is 0 Å². The summed E-state index contributed by atoms with van der Waals surface area (Å²) in [6.07, 6.45) is 0. The van der Waals surface area contributed by atoms with Gasteiger partial charge in [-0.05, 0) is 24.6 Å². The monoisotopic (exact) mass is 252 g/mol. The number of alkyl halides is 1. The summed E-state index contributed by atoms with van der Waals surface area (Å²) in [5, 5.41) is 1.38. The van der Waals surface area contributed by atoms with Crippen molar-refractivity contribution in [3.8, 4) is 0 Å². The summed E-state index contributed by atoms with van der Waals surface area (Å²) >= 11 is 15.1. The van der Waals surface area contributed by atoms with E-state index < -0.39 is 0 Å². The van der Waals surface area contributed by atoms with Gasteiger partial charge in [0, 0.05) is 14.9 Å². The summed E-state index contributed by atoms with van der Waals surface area (Å²) in [5.74, 6) is 0. The van der Waals surface area contributed by atoms with Crippen LogP contribution in [0.1, 0.15) is 17.3 Å². The highest BCUT2D eigenvalue weighted by Crippen LogP contribution is 2.30. The SMILES string of the molecule is CC(Br)c1ccc(Cl)cc1Cl.